The predicted octanol–water partition coefficient (Wildman–Crippen LogP) is 2.52. The SMILES string of the molecule is CCCN1C=CN(C)C1C.O=S(=O)([N-]S(=O)(=O)C(F)(F)F)C(F)(F)F. The third kappa shape index (κ3) is 6.54. The number of alkyl halides is 6. The molecular weight excluding hydrogens is 404 g/mol. The molecule has 0 radical (unpaired) electrons. The van der Waals surface area contributed by atoms with E-state index in [1.807, 2.05) is 0 Å². The lowest BCUT2D eigenvalue weighted by Crippen LogP contribution is -2.33. The number of hydrogen-bond donors (Lipinski definition) is 0. The molecule has 1 aliphatic rings. The minimum atomic E-state index is -6.72. The van der Waals surface area contributed by atoms with E-state index in [0.717, 1.165) is 4.13 Å². The van der Waals surface area contributed by atoms with Crippen LogP contribution in [0.1, 0.15) is 20.3 Å². The Kier molecular flexibility index (Phi) is 7.60. The quantitative estimate of drug-likeness (QED) is 0.650. The fourth-order valence-electron chi connectivity index (χ4n) is 1.41. The van der Waals surface area contributed by atoms with Gasteiger partial charge in [-0.25, -0.2) is 16.8 Å². The van der Waals surface area contributed by atoms with Crippen LogP contribution in [0.4, 0.5) is 26.3 Å². The van der Waals surface area contributed by atoms with Crippen molar-refractivity contribution in [3.8, 4) is 0 Å². The van der Waals surface area contributed by atoms with Crippen molar-refractivity contribution in [3.63, 3.8) is 0 Å². The molecule has 25 heavy (non-hydrogen) atoms. The Morgan fingerprint density at radius 3 is 1.60 bits per heavy atom. The van der Waals surface area contributed by atoms with Crippen molar-refractivity contribution in [2.75, 3.05) is 13.6 Å². The molecule has 1 atom stereocenters. The fourth-order valence-corrected chi connectivity index (χ4v) is 3.12. The summed E-state index contributed by atoms with van der Waals surface area (Å²) < 4.78 is 109. The maximum atomic E-state index is 11.4. The number of rotatable bonds is 4. The molecule has 0 spiro atoms. The van der Waals surface area contributed by atoms with Gasteiger partial charge in [-0.05, 0) is 13.3 Å². The van der Waals surface area contributed by atoms with Crippen LogP contribution in [0.15, 0.2) is 12.4 Å². The Bertz CT molecular complexity index is 630. The van der Waals surface area contributed by atoms with Crippen LogP contribution in [0.2, 0.25) is 0 Å². The summed E-state index contributed by atoms with van der Waals surface area (Å²) in [6, 6.07) is 0. The second-order valence-electron chi connectivity index (χ2n) is 4.75. The molecule has 1 aliphatic heterocycles. The van der Waals surface area contributed by atoms with E-state index >= 15 is 0 Å². The van der Waals surface area contributed by atoms with Gasteiger partial charge in [0.05, 0.1) is 6.17 Å². The zero-order chi connectivity index (χ0) is 20.3. The molecule has 1 rings (SSSR count). The maximum Gasteiger partial charge on any atom is 0.480 e. The van der Waals surface area contributed by atoms with Crippen molar-refractivity contribution in [3.05, 3.63) is 16.5 Å². The Labute approximate surface area is 141 Å². The summed E-state index contributed by atoms with van der Waals surface area (Å²) in [6.45, 7) is 5.59. The lowest BCUT2D eigenvalue weighted by atomic mass is 10.4. The summed E-state index contributed by atoms with van der Waals surface area (Å²) in [5.74, 6) is 0. The minimum absolute atomic E-state index is 0.556. The van der Waals surface area contributed by atoms with E-state index in [1.165, 1.54) is 13.0 Å². The molecule has 15 heteroatoms. The lowest BCUT2D eigenvalue weighted by Gasteiger charge is -2.26. The topological polar surface area (TPSA) is 88.9 Å². The van der Waals surface area contributed by atoms with Gasteiger partial charge in [0, 0.05) is 26.0 Å². The highest BCUT2D eigenvalue weighted by Gasteiger charge is 2.46. The highest BCUT2D eigenvalue weighted by atomic mass is 32.3. The highest BCUT2D eigenvalue weighted by molar-refractivity contribution is 8.13. The zero-order valence-corrected chi connectivity index (χ0v) is 14.8. The highest BCUT2D eigenvalue weighted by Crippen LogP contribution is 2.36. The summed E-state index contributed by atoms with van der Waals surface area (Å²) in [4.78, 5) is 4.57. The van der Waals surface area contributed by atoms with Crippen molar-refractivity contribution in [1.82, 2.24) is 9.80 Å². The van der Waals surface area contributed by atoms with Crippen molar-refractivity contribution < 1.29 is 43.2 Å². The van der Waals surface area contributed by atoms with Crippen LogP contribution in [0.25, 0.3) is 4.13 Å². The van der Waals surface area contributed by atoms with Crippen LogP contribution < -0.4 is 0 Å². The van der Waals surface area contributed by atoms with Gasteiger partial charge >= 0.3 is 11.0 Å². The molecule has 0 N–H and O–H groups in total. The number of hydrogen-bond acceptors (Lipinski definition) is 6. The summed E-state index contributed by atoms with van der Waals surface area (Å²) in [7, 11) is -11.3. The first-order valence-corrected chi connectivity index (χ1v) is 9.37. The van der Waals surface area contributed by atoms with Crippen molar-refractivity contribution in [2.45, 2.75) is 37.5 Å². The predicted molar refractivity (Wildman–Crippen MR) is 76.7 cm³/mol. The Balaban J connectivity index is 0.000000496. The van der Waals surface area contributed by atoms with E-state index in [4.69, 9.17) is 0 Å². The second kappa shape index (κ2) is 7.99. The van der Waals surface area contributed by atoms with E-state index in [2.05, 4.69) is 43.1 Å². The van der Waals surface area contributed by atoms with Gasteiger partial charge in [0.25, 0.3) is 0 Å². The molecule has 0 aliphatic carbocycles. The zero-order valence-electron chi connectivity index (χ0n) is 13.2. The normalized spacial score (nSPS) is 19.0. The summed E-state index contributed by atoms with van der Waals surface area (Å²) in [6.07, 6.45) is 6.07. The third-order valence-electron chi connectivity index (χ3n) is 2.83. The molecule has 0 bridgehead atoms. The van der Waals surface area contributed by atoms with Gasteiger partial charge in [-0.15, -0.1) is 0 Å². The van der Waals surface area contributed by atoms with Crippen LogP contribution >= 0.6 is 0 Å². The van der Waals surface area contributed by atoms with Gasteiger partial charge in [-0.3, -0.25) is 0 Å². The van der Waals surface area contributed by atoms with E-state index in [1.54, 1.807) is 0 Å². The minimum Gasteiger partial charge on any atom is -0.421 e. The van der Waals surface area contributed by atoms with Crippen molar-refractivity contribution in [2.24, 2.45) is 0 Å². The smallest absolute Gasteiger partial charge is 0.421 e. The average Bonchev–Trinajstić information content (AvgIpc) is 2.68. The first-order chi connectivity index (χ1) is 11.0. The summed E-state index contributed by atoms with van der Waals surface area (Å²) >= 11 is 0. The van der Waals surface area contributed by atoms with E-state index < -0.39 is 31.1 Å². The molecule has 0 fully saturated rings. The molecule has 0 saturated carbocycles. The molecule has 0 aromatic rings. The Hall–Kier alpha value is -1.22. The van der Waals surface area contributed by atoms with Crippen LogP contribution in [-0.2, 0) is 20.0 Å². The maximum absolute atomic E-state index is 11.4. The first-order valence-electron chi connectivity index (χ1n) is 6.49. The Morgan fingerprint density at radius 2 is 1.36 bits per heavy atom. The molecule has 1 heterocycles. The molecule has 0 saturated heterocycles. The molecular formula is C10H16F6N3O4S2-. The number of sulfonamides is 2. The number of nitrogens with zero attached hydrogens (tertiary/aromatic N) is 3. The number of halogens is 6. The lowest BCUT2D eigenvalue weighted by molar-refractivity contribution is -0.0444. The van der Waals surface area contributed by atoms with Crippen LogP contribution in [0.3, 0.4) is 0 Å². The second-order valence-corrected chi connectivity index (χ2v) is 8.17. The third-order valence-corrected chi connectivity index (χ3v) is 5.57. The largest absolute Gasteiger partial charge is 0.480 e. The average molecular weight is 420 g/mol. The summed E-state index contributed by atoms with van der Waals surface area (Å²) in [5, 5.41) is 0. The first kappa shape index (κ1) is 23.8. The van der Waals surface area contributed by atoms with E-state index in [0.29, 0.717) is 6.17 Å². The molecule has 0 aromatic heterocycles. The fraction of sp³-hybridized carbons (Fsp3) is 0.800. The van der Waals surface area contributed by atoms with Crippen LogP contribution in [0.5, 0.6) is 0 Å². The van der Waals surface area contributed by atoms with Crippen molar-refractivity contribution >= 4 is 20.0 Å². The van der Waals surface area contributed by atoms with Gasteiger partial charge in [-0.2, -0.15) is 26.3 Å². The standard InChI is InChI=1S/C8H16N2.C2F6NO4S2/c1-4-5-10-7-6-9(3)8(10)2;3-1(4,5)14(10,11)9-15(12,13)2(6,7)8/h6-8H,4-5H2,1-3H3;/q;-1. The molecule has 0 amide bonds. The van der Waals surface area contributed by atoms with E-state index in [-0.39, 0.29) is 0 Å². The molecule has 150 valence electrons. The van der Waals surface area contributed by atoms with Gasteiger partial charge in [0.1, 0.15) is 0 Å². The Morgan fingerprint density at radius 1 is 0.960 bits per heavy atom. The molecule has 7 nitrogen and oxygen atoms in total. The van der Waals surface area contributed by atoms with Crippen LogP contribution in [0, 0.1) is 0 Å². The molecule has 0 aromatic carbocycles. The van der Waals surface area contributed by atoms with Gasteiger partial charge in [0.15, 0.2) is 20.0 Å². The van der Waals surface area contributed by atoms with Gasteiger partial charge < -0.3 is 13.9 Å². The summed E-state index contributed by atoms with van der Waals surface area (Å²) in [5.41, 5.74) is -12.4. The van der Waals surface area contributed by atoms with E-state index in [9.17, 15) is 43.2 Å². The van der Waals surface area contributed by atoms with Gasteiger partial charge in [0.2, 0.25) is 0 Å². The molecule has 1 unspecified atom stereocenters. The monoisotopic (exact) mass is 420 g/mol. The van der Waals surface area contributed by atoms with Crippen LogP contribution in [-0.4, -0.2) is 57.4 Å². The van der Waals surface area contributed by atoms with Crippen molar-refractivity contribution in [1.29, 1.82) is 0 Å². The van der Waals surface area contributed by atoms with Gasteiger partial charge in [-0.1, -0.05) is 6.92 Å².